The number of aromatic nitrogens is 2. The maximum Gasteiger partial charge on any atom is 0.283 e. The molecule has 2 rings (SSSR count). The molecule has 21 heavy (non-hydrogen) atoms. The summed E-state index contributed by atoms with van der Waals surface area (Å²) in [5.41, 5.74) is 1.66. The van der Waals surface area contributed by atoms with E-state index in [1.54, 1.807) is 6.20 Å². The van der Waals surface area contributed by atoms with Crippen LogP contribution in [0.15, 0.2) is 39.7 Å². The van der Waals surface area contributed by atoms with Crippen molar-refractivity contribution in [2.75, 3.05) is 5.32 Å². The van der Waals surface area contributed by atoms with Gasteiger partial charge in [0.05, 0.1) is 11.9 Å². The number of hydrogen-bond donors (Lipinski definition) is 1. The van der Waals surface area contributed by atoms with Crippen molar-refractivity contribution in [2.45, 2.75) is 32.9 Å². The largest absolute Gasteiger partial charge is 0.376 e. The lowest BCUT2D eigenvalue weighted by Gasteiger charge is -2.17. The Balaban J connectivity index is 2.21. The van der Waals surface area contributed by atoms with Crippen LogP contribution >= 0.6 is 27.5 Å². The maximum absolute atomic E-state index is 12.1. The van der Waals surface area contributed by atoms with Crippen molar-refractivity contribution in [2.24, 2.45) is 0 Å². The molecular weight excluding hydrogens is 354 g/mol. The van der Waals surface area contributed by atoms with E-state index < -0.39 is 0 Å². The van der Waals surface area contributed by atoms with Gasteiger partial charge < -0.3 is 5.32 Å². The molecule has 0 saturated heterocycles. The third-order valence-electron chi connectivity index (χ3n) is 3.16. The first kappa shape index (κ1) is 16.0. The lowest BCUT2D eigenvalue weighted by Crippen LogP contribution is -2.24. The molecule has 0 fully saturated rings. The Bertz CT molecular complexity index is 670. The van der Waals surface area contributed by atoms with Crippen molar-refractivity contribution in [3.05, 3.63) is 55.9 Å². The van der Waals surface area contributed by atoms with E-state index >= 15 is 0 Å². The Morgan fingerprint density at radius 3 is 2.67 bits per heavy atom. The Morgan fingerprint density at radius 1 is 1.38 bits per heavy atom. The monoisotopic (exact) mass is 369 g/mol. The Labute approximate surface area is 137 Å². The van der Waals surface area contributed by atoms with Gasteiger partial charge in [-0.3, -0.25) is 4.79 Å². The average molecular weight is 371 g/mol. The van der Waals surface area contributed by atoms with Crippen molar-refractivity contribution in [1.82, 2.24) is 9.78 Å². The predicted octanol–water partition coefficient (Wildman–Crippen LogP) is 4.24. The Hall–Kier alpha value is -1.33. The summed E-state index contributed by atoms with van der Waals surface area (Å²) in [7, 11) is 0. The molecule has 0 bridgehead atoms. The minimum atomic E-state index is -0.120. The van der Waals surface area contributed by atoms with Gasteiger partial charge in [-0.25, -0.2) is 4.68 Å². The zero-order valence-corrected chi connectivity index (χ0v) is 14.3. The topological polar surface area (TPSA) is 46.9 Å². The van der Waals surface area contributed by atoms with Gasteiger partial charge in [-0.15, -0.1) is 0 Å². The lowest BCUT2D eigenvalue weighted by atomic mass is 10.1. The van der Waals surface area contributed by atoms with Crippen LogP contribution in [-0.2, 0) is 6.54 Å². The molecule has 0 amide bonds. The van der Waals surface area contributed by atoms with Gasteiger partial charge in [-0.2, -0.15) is 5.10 Å². The van der Waals surface area contributed by atoms with Crippen LogP contribution in [0.4, 0.5) is 5.69 Å². The zero-order valence-electron chi connectivity index (χ0n) is 11.9. The molecule has 0 aliphatic carbocycles. The van der Waals surface area contributed by atoms with E-state index in [0.29, 0.717) is 21.7 Å². The van der Waals surface area contributed by atoms with Crippen LogP contribution in [0, 0.1) is 0 Å². The van der Waals surface area contributed by atoms with E-state index in [-0.39, 0.29) is 11.6 Å². The molecule has 0 aliphatic rings. The van der Waals surface area contributed by atoms with Gasteiger partial charge >= 0.3 is 0 Å². The molecule has 1 atom stereocenters. The summed E-state index contributed by atoms with van der Waals surface area (Å²) in [6.45, 7) is 4.65. The number of halogens is 2. The number of nitrogens with zero attached hydrogens (tertiary/aromatic N) is 2. The third-order valence-corrected chi connectivity index (χ3v) is 4.18. The third kappa shape index (κ3) is 3.86. The molecule has 1 aromatic heterocycles. The molecule has 0 aliphatic heterocycles. The van der Waals surface area contributed by atoms with Gasteiger partial charge in [0.2, 0.25) is 0 Å². The number of aryl methyl sites for hydroxylation is 1. The quantitative estimate of drug-likeness (QED) is 0.856. The fourth-order valence-corrected chi connectivity index (χ4v) is 2.55. The van der Waals surface area contributed by atoms with Crippen LogP contribution in [-0.4, -0.2) is 9.78 Å². The van der Waals surface area contributed by atoms with E-state index in [2.05, 4.69) is 26.3 Å². The highest BCUT2D eigenvalue weighted by atomic mass is 79.9. The summed E-state index contributed by atoms with van der Waals surface area (Å²) in [5, 5.41) is 8.18. The first-order valence-corrected chi connectivity index (χ1v) is 7.97. The van der Waals surface area contributed by atoms with Crippen molar-refractivity contribution in [1.29, 1.82) is 0 Å². The summed E-state index contributed by atoms with van der Waals surface area (Å²) in [5.74, 6) is 0. The second-order valence-corrected chi connectivity index (χ2v) is 6.05. The predicted molar refractivity (Wildman–Crippen MR) is 90.0 cm³/mol. The molecule has 112 valence electrons. The molecule has 4 nitrogen and oxygen atoms in total. The van der Waals surface area contributed by atoms with E-state index in [9.17, 15) is 4.79 Å². The molecule has 0 saturated carbocycles. The molecular formula is C15H17BrClN3O. The molecule has 2 aromatic rings. The zero-order chi connectivity index (χ0) is 15.4. The summed E-state index contributed by atoms with van der Waals surface area (Å²) in [6.07, 6.45) is 2.54. The molecule has 1 aromatic carbocycles. The Kier molecular flexibility index (Phi) is 5.42. The summed E-state index contributed by atoms with van der Waals surface area (Å²) in [4.78, 5) is 12.1. The molecule has 6 heteroatoms. The lowest BCUT2D eigenvalue weighted by molar-refractivity contribution is 0.565. The SMILES string of the molecule is CCCn1ncc(NC(C)c2ccc(Cl)cc2)c(Br)c1=O. The van der Waals surface area contributed by atoms with Gasteiger partial charge in [0.1, 0.15) is 4.47 Å². The van der Waals surface area contributed by atoms with Gasteiger partial charge in [0.15, 0.2) is 0 Å². The number of rotatable bonds is 5. The van der Waals surface area contributed by atoms with Gasteiger partial charge in [-0.1, -0.05) is 30.7 Å². The van der Waals surface area contributed by atoms with E-state index in [1.165, 1.54) is 4.68 Å². The number of benzene rings is 1. The molecule has 0 spiro atoms. The molecule has 1 unspecified atom stereocenters. The van der Waals surface area contributed by atoms with Crippen LogP contribution < -0.4 is 10.9 Å². The van der Waals surface area contributed by atoms with Gasteiger partial charge in [0.25, 0.3) is 5.56 Å². The van der Waals surface area contributed by atoms with Crippen molar-refractivity contribution < 1.29 is 0 Å². The fraction of sp³-hybridized carbons (Fsp3) is 0.333. The van der Waals surface area contributed by atoms with Crippen LogP contribution in [0.5, 0.6) is 0 Å². The van der Waals surface area contributed by atoms with E-state index in [0.717, 1.165) is 12.0 Å². The normalized spacial score (nSPS) is 12.2. The second-order valence-electron chi connectivity index (χ2n) is 4.82. The van der Waals surface area contributed by atoms with Crippen molar-refractivity contribution in [3.63, 3.8) is 0 Å². The summed E-state index contributed by atoms with van der Waals surface area (Å²) >= 11 is 9.24. The number of nitrogens with one attached hydrogen (secondary N) is 1. The van der Waals surface area contributed by atoms with Crippen molar-refractivity contribution >= 4 is 33.2 Å². The van der Waals surface area contributed by atoms with E-state index in [1.807, 2.05) is 38.1 Å². The number of hydrogen-bond acceptors (Lipinski definition) is 3. The number of anilines is 1. The summed E-state index contributed by atoms with van der Waals surface area (Å²) < 4.78 is 1.97. The molecule has 0 radical (unpaired) electrons. The van der Waals surface area contributed by atoms with Crippen molar-refractivity contribution in [3.8, 4) is 0 Å². The van der Waals surface area contributed by atoms with Gasteiger partial charge in [0, 0.05) is 17.6 Å². The maximum atomic E-state index is 12.1. The second kappa shape index (κ2) is 7.09. The van der Waals surface area contributed by atoms with E-state index in [4.69, 9.17) is 11.6 Å². The van der Waals surface area contributed by atoms with Crippen LogP contribution in [0.2, 0.25) is 5.02 Å². The first-order valence-electron chi connectivity index (χ1n) is 6.80. The Morgan fingerprint density at radius 2 is 2.05 bits per heavy atom. The van der Waals surface area contributed by atoms with Crippen LogP contribution in [0.25, 0.3) is 0 Å². The molecule has 1 heterocycles. The standard InChI is InChI=1S/C15H17BrClN3O/c1-3-8-20-15(21)14(16)13(9-18-20)19-10(2)11-4-6-12(17)7-5-11/h4-7,9-10,19H,3,8H2,1-2H3. The van der Waals surface area contributed by atoms with Crippen LogP contribution in [0.3, 0.4) is 0 Å². The molecule has 1 N–H and O–H groups in total. The highest BCUT2D eigenvalue weighted by molar-refractivity contribution is 9.10. The highest BCUT2D eigenvalue weighted by Crippen LogP contribution is 2.24. The summed E-state index contributed by atoms with van der Waals surface area (Å²) in [6, 6.07) is 7.66. The van der Waals surface area contributed by atoms with Gasteiger partial charge in [-0.05, 0) is 47.0 Å². The minimum Gasteiger partial charge on any atom is -0.376 e. The fourth-order valence-electron chi connectivity index (χ4n) is 2.00. The van der Waals surface area contributed by atoms with Crippen LogP contribution in [0.1, 0.15) is 31.9 Å². The average Bonchev–Trinajstić information content (AvgIpc) is 2.47. The highest BCUT2D eigenvalue weighted by Gasteiger charge is 2.12. The first-order chi connectivity index (χ1) is 10.0. The smallest absolute Gasteiger partial charge is 0.283 e. The minimum absolute atomic E-state index is 0.0433.